The van der Waals surface area contributed by atoms with Crippen molar-refractivity contribution in [1.82, 2.24) is 5.32 Å². The third-order valence-electron chi connectivity index (χ3n) is 1.36. The number of hydrogen-bond acceptors (Lipinski definition) is 2. The monoisotopic (exact) mass is 207 g/mol. The molecule has 4 heteroatoms. The molecule has 0 bridgehead atoms. The molecule has 0 radical (unpaired) electrons. The Kier molecular flexibility index (Phi) is 8.14. The third kappa shape index (κ3) is 9.64. The lowest BCUT2D eigenvalue weighted by Crippen LogP contribution is -2.26. The zero-order valence-corrected chi connectivity index (χ0v) is 9.06. The molecule has 0 fully saturated rings. The molecule has 0 unspecified atom stereocenters. The minimum atomic E-state index is -0.120. The molecule has 0 saturated carbocycles. The van der Waals surface area contributed by atoms with Crippen LogP contribution in [0, 0.1) is 5.92 Å². The highest BCUT2D eigenvalue weighted by molar-refractivity contribution is 6.27. The molecule has 0 aromatic carbocycles. The van der Waals surface area contributed by atoms with Gasteiger partial charge in [0, 0.05) is 19.8 Å². The largest absolute Gasteiger partial charge is 0.381 e. The van der Waals surface area contributed by atoms with E-state index in [4.69, 9.17) is 16.3 Å². The van der Waals surface area contributed by atoms with Gasteiger partial charge >= 0.3 is 0 Å². The zero-order chi connectivity index (χ0) is 10.1. The number of ether oxygens (including phenoxy) is 1. The van der Waals surface area contributed by atoms with Gasteiger partial charge in [-0.2, -0.15) is 0 Å². The van der Waals surface area contributed by atoms with Crippen LogP contribution in [0.3, 0.4) is 0 Å². The smallest absolute Gasteiger partial charge is 0.234 e. The van der Waals surface area contributed by atoms with Crippen molar-refractivity contribution < 1.29 is 9.53 Å². The normalized spacial score (nSPS) is 10.5. The summed E-state index contributed by atoms with van der Waals surface area (Å²) in [4.78, 5) is 10.7. The molecule has 3 nitrogen and oxygen atoms in total. The van der Waals surface area contributed by atoms with Crippen LogP contribution in [-0.2, 0) is 9.53 Å². The van der Waals surface area contributed by atoms with E-state index in [9.17, 15) is 4.79 Å². The third-order valence-corrected chi connectivity index (χ3v) is 1.60. The lowest BCUT2D eigenvalue weighted by molar-refractivity contribution is -0.118. The van der Waals surface area contributed by atoms with E-state index in [1.54, 1.807) is 0 Å². The average molecular weight is 208 g/mol. The van der Waals surface area contributed by atoms with Crippen LogP contribution in [0.15, 0.2) is 0 Å². The number of carbonyl (C=O) groups is 1. The molecule has 13 heavy (non-hydrogen) atoms. The summed E-state index contributed by atoms with van der Waals surface area (Å²) in [6.45, 7) is 6.33. The van der Waals surface area contributed by atoms with Crippen LogP contribution in [-0.4, -0.2) is 31.5 Å². The molecule has 0 atom stereocenters. The van der Waals surface area contributed by atoms with Crippen LogP contribution < -0.4 is 5.32 Å². The maximum atomic E-state index is 10.7. The highest BCUT2D eigenvalue weighted by Gasteiger charge is 1.97. The molecule has 1 N–H and O–H groups in total. The van der Waals surface area contributed by atoms with Gasteiger partial charge in [-0.05, 0) is 12.3 Å². The van der Waals surface area contributed by atoms with Crippen molar-refractivity contribution >= 4 is 17.5 Å². The van der Waals surface area contributed by atoms with Gasteiger partial charge in [0.15, 0.2) is 0 Å². The maximum absolute atomic E-state index is 10.7. The fraction of sp³-hybridized carbons (Fsp3) is 0.889. The number of halogens is 1. The first-order valence-electron chi connectivity index (χ1n) is 4.57. The Morgan fingerprint density at radius 2 is 2.23 bits per heavy atom. The van der Waals surface area contributed by atoms with Gasteiger partial charge in [-0.3, -0.25) is 4.79 Å². The first-order chi connectivity index (χ1) is 6.16. The standard InChI is InChI=1S/C9H18ClNO2/c1-8(2)7-13-5-3-4-11-9(12)6-10/h8H,3-7H2,1-2H3,(H,11,12). The van der Waals surface area contributed by atoms with E-state index in [1.165, 1.54) is 0 Å². The number of nitrogens with one attached hydrogen (secondary N) is 1. The Balaban J connectivity index is 3.04. The highest BCUT2D eigenvalue weighted by atomic mass is 35.5. The van der Waals surface area contributed by atoms with Gasteiger partial charge in [0.2, 0.25) is 5.91 Å². The van der Waals surface area contributed by atoms with Gasteiger partial charge in [0.1, 0.15) is 5.88 Å². The quantitative estimate of drug-likeness (QED) is 0.507. The molecule has 0 aliphatic rings. The molecule has 0 aromatic heterocycles. The van der Waals surface area contributed by atoms with Crippen molar-refractivity contribution in [2.45, 2.75) is 20.3 Å². The Morgan fingerprint density at radius 3 is 2.77 bits per heavy atom. The second kappa shape index (κ2) is 8.32. The summed E-state index contributed by atoms with van der Waals surface area (Å²) in [7, 11) is 0. The van der Waals surface area contributed by atoms with Crippen LogP contribution in [0.5, 0.6) is 0 Å². The van der Waals surface area contributed by atoms with Gasteiger partial charge in [-0.1, -0.05) is 13.8 Å². The second-order valence-corrected chi connectivity index (χ2v) is 3.57. The number of rotatable bonds is 7. The summed E-state index contributed by atoms with van der Waals surface area (Å²) in [5.74, 6) is 0.482. The molecule has 0 rings (SSSR count). The summed E-state index contributed by atoms with van der Waals surface area (Å²) < 4.78 is 5.33. The van der Waals surface area contributed by atoms with Crippen LogP contribution in [0.25, 0.3) is 0 Å². The minimum absolute atomic E-state index is 0.0346. The topological polar surface area (TPSA) is 38.3 Å². The van der Waals surface area contributed by atoms with Crippen molar-refractivity contribution in [1.29, 1.82) is 0 Å². The molecular weight excluding hydrogens is 190 g/mol. The molecule has 0 aromatic rings. The van der Waals surface area contributed by atoms with Crippen LogP contribution in [0.1, 0.15) is 20.3 Å². The summed E-state index contributed by atoms with van der Waals surface area (Å²) >= 11 is 5.29. The minimum Gasteiger partial charge on any atom is -0.381 e. The molecular formula is C9H18ClNO2. The lowest BCUT2D eigenvalue weighted by atomic mass is 10.2. The fourth-order valence-corrected chi connectivity index (χ4v) is 0.863. The van der Waals surface area contributed by atoms with Crippen molar-refractivity contribution in [3.8, 4) is 0 Å². The summed E-state index contributed by atoms with van der Waals surface area (Å²) in [6, 6.07) is 0. The predicted molar refractivity (Wildman–Crippen MR) is 54.0 cm³/mol. The van der Waals surface area contributed by atoms with Crippen LogP contribution >= 0.6 is 11.6 Å². The molecule has 0 saturated heterocycles. The van der Waals surface area contributed by atoms with E-state index in [0.29, 0.717) is 19.1 Å². The summed E-state index contributed by atoms with van der Waals surface area (Å²) in [5.41, 5.74) is 0. The average Bonchev–Trinajstić information content (AvgIpc) is 2.10. The fourth-order valence-electron chi connectivity index (χ4n) is 0.768. The Labute approximate surface area is 84.8 Å². The molecule has 0 aliphatic heterocycles. The van der Waals surface area contributed by atoms with E-state index >= 15 is 0 Å². The van der Waals surface area contributed by atoms with Crippen molar-refractivity contribution in [2.75, 3.05) is 25.6 Å². The van der Waals surface area contributed by atoms with Crippen molar-refractivity contribution in [3.05, 3.63) is 0 Å². The summed E-state index contributed by atoms with van der Waals surface area (Å²) in [6.07, 6.45) is 0.843. The number of hydrogen-bond donors (Lipinski definition) is 1. The summed E-state index contributed by atoms with van der Waals surface area (Å²) in [5, 5.41) is 2.67. The van der Waals surface area contributed by atoms with Crippen molar-refractivity contribution in [3.63, 3.8) is 0 Å². The molecule has 1 amide bonds. The predicted octanol–water partition coefficient (Wildman–Crippen LogP) is 1.40. The van der Waals surface area contributed by atoms with E-state index in [-0.39, 0.29) is 11.8 Å². The maximum Gasteiger partial charge on any atom is 0.234 e. The first kappa shape index (κ1) is 12.7. The van der Waals surface area contributed by atoms with Gasteiger partial charge in [-0.15, -0.1) is 11.6 Å². The highest BCUT2D eigenvalue weighted by Crippen LogP contribution is 1.92. The number of alkyl halides is 1. The number of amides is 1. The zero-order valence-electron chi connectivity index (χ0n) is 8.31. The SMILES string of the molecule is CC(C)COCCCNC(=O)CCl. The van der Waals surface area contributed by atoms with E-state index in [1.807, 2.05) is 0 Å². The first-order valence-corrected chi connectivity index (χ1v) is 5.10. The molecule has 0 aliphatic carbocycles. The van der Waals surface area contributed by atoms with Gasteiger partial charge in [0.25, 0.3) is 0 Å². The van der Waals surface area contributed by atoms with Crippen LogP contribution in [0.2, 0.25) is 0 Å². The lowest BCUT2D eigenvalue weighted by Gasteiger charge is -2.06. The molecule has 78 valence electrons. The van der Waals surface area contributed by atoms with E-state index in [2.05, 4.69) is 19.2 Å². The molecule has 0 spiro atoms. The molecule has 0 heterocycles. The Morgan fingerprint density at radius 1 is 1.54 bits per heavy atom. The van der Waals surface area contributed by atoms with Gasteiger partial charge < -0.3 is 10.1 Å². The second-order valence-electron chi connectivity index (χ2n) is 3.31. The van der Waals surface area contributed by atoms with Gasteiger partial charge in [-0.25, -0.2) is 0 Å². The Bertz CT molecular complexity index is 140. The van der Waals surface area contributed by atoms with Gasteiger partial charge in [0.05, 0.1) is 0 Å². The van der Waals surface area contributed by atoms with Crippen molar-refractivity contribution in [2.24, 2.45) is 5.92 Å². The van der Waals surface area contributed by atoms with E-state index < -0.39 is 0 Å². The number of carbonyl (C=O) groups excluding carboxylic acids is 1. The van der Waals surface area contributed by atoms with E-state index in [0.717, 1.165) is 13.0 Å². The van der Waals surface area contributed by atoms with Crippen LogP contribution in [0.4, 0.5) is 0 Å². The Hall–Kier alpha value is -0.280.